The van der Waals surface area contributed by atoms with E-state index < -0.39 is 49.3 Å². The van der Waals surface area contributed by atoms with Crippen LogP contribution in [0.3, 0.4) is 0 Å². The molecular formula is C8H12F3NO6. The van der Waals surface area contributed by atoms with E-state index in [9.17, 15) is 33.3 Å². The van der Waals surface area contributed by atoms with Gasteiger partial charge in [0.15, 0.2) is 6.29 Å². The number of carbonyl (C=O) groups is 1. The van der Waals surface area contributed by atoms with Crippen LogP contribution in [-0.4, -0.2) is 69.8 Å². The first-order chi connectivity index (χ1) is 8.18. The Morgan fingerprint density at radius 3 is 2.22 bits per heavy atom. The molecule has 1 rings (SSSR count). The number of carbonyl (C=O) groups excluding carboxylic acids is 1. The normalized spacial score (nSPS) is 37.4. The molecule has 1 fully saturated rings. The van der Waals surface area contributed by atoms with E-state index >= 15 is 0 Å². The van der Waals surface area contributed by atoms with Crippen molar-refractivity contribution in [3.8, 4) is 0 Å². The van der Waals surface area contributed by atoms with Crippen LogP contribution in [0.4, 0.5) is 13.2 Å². The zero-order valence-corrected chi connectivity index (χ0v) is 8.83. The topological polar surface area (TPSA) is 119 Å². The average molecular weight is 275 g/mol. The zero-order chi connectivity index (χ0) is 14.1. The van der Waals surface area contributed by atoms with Crippen LogP contribution < -0.4 is 5.32 Å². The second kappa shape index (κ2) is 5.36. The molecular weight excluding hydrogens is 263 g/mol. The summed E-state index contributed by atoms with van der Waals surface area (Å²) >= 11 is 0. The van der Waals surface area contributed by atoms with Gasteiger partial charge in [0.05, 0.1) is 6.61 Å². The maximum absolute atomic E-state index is 12.0. The molecule has 0 bridgehead atoms. The van der Waals surface area contributed by atoms with Gasteiger partial charge < -0.3 is 30.5 Å². The minimum Gasteiger partial charge on any atom is -0.394 e. The van der Waals surface area contributed by atoms with Crippen LogP contribution in [0.2, 0.25) is 0 Å². The Morgan fingerprint density at radius 1 is 1.22 bits per heavy atom. The summed E-state index contributed by atoms with van der Waals surface area (Å²) in [7, 11) is 0. The fraction of sp³-hybridized carbons (Fsp3) is 0.875. The smallest absolute Gasteiger partial charge is 0.394 e. The molecule has 5 atom stereocenters. The summed E-state index contributed by atoms with van der Waals surface area (Å²) in [5.74, 6) is -2.39. The first kappa shape index (κ1) is 15.1. The van der Waals surface area contributed by atoms with Crippen molar-refractivity contribution in [3.63, 3.8) is 0 Å². The lowest BCUT2D eigenvalue weighted by Crippen LogP contribution is -2.65. The quantitative estimate of drug-likeness (QED) is 0.379. The lowest BCUT2D eigenvalue weighted by Gasteiger charge is -2.40. The second-order valence-corrected chi connectivity index (χ2v) is 3.73. The fourth-order valence-corrected chi connectivity index (χ4v) is 1.49. The van der Waals surface area contributed by atoms with Gasteiger partial charge in [0.25, 0.3) is 0 Å². The molecule has 1 heterocycles. The molecule has 0 saturated carbocycles. The van der Waals surface area contributed by atoms with Gasteiger partial charge in [0.1, 0.15) is 24.4 Å². The van der Waals surface area contributed by atoms with E-state index in [4.69, 9.17) is 5.11 Å². The zero-order valence-electron chi connectivity index (χ0n) is 8.83. The number of hydrogen-bond acceptors (Lipinski definition) is 6. The summed E-state index contributed by atoms with van der Waals surface area (Å²) in [6, 6.07) is -1.85. The van der Waals surface area contributed by atoms with Crippen molar-refractivity contribution in [3.05, 3.63) is 0 Å². The van der Waals surface area contributed by atoms with E-state index in [0.29, 0.717) is 0 Å². The van der Waals surface area contributed by atoms with Crippen molar-refractivity contribution in [2.75, 3.05) is 6.61 Å². The predicted molar refractivity (Wildman–Crippen MR) is 48.0 cm³/mol. The molecule has 0 aromatic carbocycles. The molecule has 5 N–H and O–H groups in total. The van der Waals surface area contributed by atoms with Crippen LogP contribution in [0, 0.1) is 0 Å². The van der Waals surface area contributed by atoms with E-state index in [-0.39, 0.29) is 0 Å². The Hall–Kier alpha value is -0.940. The summed E-state index contributed by atoms with van der Waals surface area (Å²) in [6.07, 6.45) is -12.2. The molecule has 0 unspecified atom stereocenters. The van der Waals surface area contributed by atoms with Crippen molar-refractivity contribution in [2.24, 2.45) is 0 Å². The number of rotatable bonds is 2. The van der Waals surface area contributed by atoms with Crippen LogP contribution in [0.5, 0.6) is 0 Å². The van der Waals surface area contributed by atoms with Gasteiger partial charge in [-0.2, -0.15) is 13.2 Å². The standard InChI is InChI=1S/C8H12F3NO6/c9-8(10,11)7(17)12-3-5(15)4(14)2(1-13)18-6(3)16/h2-6,13-16H,1H2,(H,12,17)/t2-,3-,4+,5-,6-/m0/s1. The Balaban J connectivity index is 2.74. The van der Waals surface area contributed by atoms with E-state index in [2.05, 4.69) is 4.74 Å². The number of alkyl halides is 3. The molecule has 106 valence electrons. The van der Waals surface area contributed by atoms with Crippen LogP contribution in [-0.2, 0) is 9.53 Å². The van der Waals surface area contributed by atoms with Crippen molar-refractivity contribution in [2.45, 2.75) is 36.8 Å². The summed E-state index contributed by atoms with van der Waals surface area (Å²) in [6.45, 7) is -0.755. The lowest BCUT2D eigenvalue weighted by molar-refractivity contribution is -0.256. The summed E-state index contributed by atoms with van der Waals surface area (Å²) in [5.41, 5.74) is 0. The summed E-state index contributed by atoms with van der Waals surface area (Å²) in [4.78, 5) is 10.6. The van der Waals surface area contributed by atoms with Gasteiger partial charge in [0.2, 0.25) is 0 Å². The van der Waals surface area contributed by atoms with E-state index in [1.165, 1.54) is 5.32 Å². The van der Waals surface area contributed by atoms with E-state index in [0.717, 1.165) is 0 Å². The Morgan fingerprint density at radius 2 is 1.78 bits per heavy atom. The van der Waals surface area contributed by atoms with Gasteiger partial charge in [-0.1, -0.05) is 0 Å². The van der Waals surface area contributed by atoms with Gasteiger partial charge in [-0.05, 0) is 0 Å². The highest BCUT2D eigenvalue weighted by atomic mass is 19.4. The molecule has 0 aromatic rings. The Kier molecular flexibility index (Phi) is 4.50. The number of nitrogens with one attached hydrogen (secondary N) is 1. The highest BCUT2D eigenvalue weighted by molar-refractivity contribution is 5.82. The number of amides is 1. The third-order valence-corrected chi connectivity index (χ3v) is 2.46. The van der Waals surface area contributed by atoms with Gasteiger partial charge in [-0.15, -0.1) is 0 Å². The predicted octanol–water partition coefficient (Wildman–Crippen LogP) is -2.54. The van der Waals surface area contributed by atoms with Crippen LogP contribution in [0.1, 0.15) is 0 Å². The second-order valence-electron chi connectivity index (χ2n) is 3.73. The number of halogens is 3. The molecule has 0 aliphatic carbocycles. The molecule has 0 radical (unpaired) electrons. The Labute approximate surface area is 98.8 Å². The van der Waals surface area contributed by atoms with Crippen LogP contribution in [0.25, 0.3) is 0 Å². The summed E-state index contributed by atoms with van der Waals surface area (Å²) < 4.78 is 40.5. The molecule has 18 heavy (non-hydrogen) atoms. The van der Waals surface area contributed by atoms with Gasteiger partial charge in [-0.3, -0.25) is 4.79 Å². The number of aliphatic hydroxyl groups excluding tert-OH is 4. The molecule has 1 saturated heterocycles. The van der Waals surface area contributed by atoms with E-state index in [1.807, 2.05) is 0 Å². The van der Waals surface area contributed by atoms with Crippen LogP contribution in [0.15, 0.2) is 0 Å². The van der Waals surface area contributed by atoms with Gasteiger partial charge >= 0.3 is 12.1 Å². The third kappa shape index (κ3) is 3.09. The fourth-order valence-electron chi connectivity index (χ4n) is 1.49. The highest BCUT2D eigenvalue weighted by Gasteiger charge is 2.48. The first-order valence-electron chi connectivity index (χ1n) is 4.86. The van der Waals surface area contributed by atoms with Crippen molar-refractivity contribution >= 4 is 5.91 Å². The third-order valence-electron chi connectivity index (χ3n) is 2.46. The number of ether oxygens (including phenoxy) is 1. The largest absolute Gasteiger partial charge is 0.471 e. The SMILES string of the molecule is O=C(N[C@H]1[C@H](O)[C@H](O)[C@H](CO)O[C@@H]1O)C(F)(F)F. The Bertz CT molecular complexity index is 312. The molecule has 0 spiro atoms. The summed E-state index contributed by atoms with van der Waals surface area (Å²) in [5, 5.41) is 38.1. The number of aliphatic hydroxyl groups is 4. The van der Waals surface area contributed by atoms with Crippen LogP contribution >= 0.6 is 0 Å². The molecule has 0 aromatic heterocycles. The average Bonchev–Trinajstić information content (AvgIpc) is 2.27. The monoisotopic (exact) mass is 275 g/mol. The van der Waals surface area contributed by atoms with Gasteiger partial charge in [0, 0.05) is 0 Å². The molecule has 10 heteroatoms. The molecule has 1 amide bonds. The number of hydrogen-bond donors (Lipinski definition) is 5. The van der Waals surface area contributed by atoms with Crippen molar-refractivity contribution < 1.29 is 43.1 Å². The van der Waals surface area contributed by atoms with Crippen molar-refractivity contribution in [1.82, 2.24) is 5.32 Å². The molecule has 1 aliphatic rings. The van der Waals surface area contributed by atoms with Gasteiger partial charge in [-0.25, -0.2) is 0 Å². The molecule has 1 aliphatic heterocycles. The maximum atomic E-state index is 12.0. The lowest BCUT2D eigenvalue weighted by atomic mass is 9.97. The highest BCUT2D eigenvalue weighted by Crippen LogP contribution is 2.21. The minimum absolute atomic E-state index is 0.755. The molecule has 7 nitrogen and oxygen atoms in total. The maximum Gasteiger partial charge on any atom is 0.471 e. The first-order valence-corrected chi connectivity index (χ1v) is 4.86. The van der Waals surface area contributed by atoms with Crippen molar-refractivity contribution in [1.29, 1.82) is 0 Å². The van der Waals surface area contributed by atoms with E-state index in [1.54, 1.807) is 0 Å². The minimum atomic E-state index is -5.20.